The van der Waals surface area contributed by atoms with Crippen LogP contribution in [0.5, 0.6) is 0 Å². The Kier molecular flexibility index (Phi) is 12.6. The summed E-state index contributed by atoms with van der Waals surface area (Å²) in [4.78, 5) is 11.5. The molecule has 0 spiro atoms. The number of likely N-dealkylation sites (tertiary alicyclic amines) is 1. The van der Waals surface area contributed by atoms with E-state index in [9.17, 15) is 0 Å². The predicted octanol–water partition coefficient (Wildman–Crippen LogP) is 4.66. The highest BCUT2D eigenvalue weighted by Gasteiger charge is 2.20. The fourth-order valence-electron chi connectivity index (χ4n) is 3.63. The highest BCUT2D eigenvalue weighted by Crippen LogP contribution is 2.19. The van der Waals surface area contributed by atoms with Crippen molar-refractivity contribution >= 4 is 41.3 Å². The van der Waals surface area contributed by atoms with Gasteiger partial charge in [-0.2, -0.15) is 0 Å². The number of rotatable bonds is 9. The molecule has 5 nitrogen and oxygen atoms in total. The lowest BCUT2D eigenvalue weighted by molar-refractivity contribution is 0.176. The van der Waals surface area contributed by atoms with Gasteiger partial charge in [-0.25, -0.2) is 4.98 Å². The third-order valence-corrected chi connectivity index (χ3v) is 6.17. The number of nitrogens with one attached hydrogen (secondary N) is 2. The number of piperidine rings is 1. The number of aliphatic imine (C=N–C) groups is 1. The fraction of sp³-hybridized carbons (Fsp3) is 0.810. The maximum Gasteiger partial charge on any atom is 0.191 e. The van der Waals surface area contributed by atoms with E-state index in [-0.39, 0.29) is 24.0 Å². The molecule has 1 saturated heterocycles. The lowest BCUT2D eigenvalue weighted by Crippen LogP contribution is -2.45. The van der Waals surface area contributed by atoms with Crippen LogP contribution in [0.3, 0.4) is 0 Å². The van der Waals surface area contributed by atoms with Gasteiger partial charge in [-0.05, 0) is 58.0 Å². The molecule has 1 aliphatic rings. The molecule has 1 atom stereocenters. The molecule has 0 aromatic carbocycles. The summed E-state index contributed by atoms with van der Waals surface area (Å²) in [5, 5.41) is 10.5. The molecule has 0 saturated carbocycles. The highest BCUT2D eigenvalue weighted by atomic mass is 127. The van der Waals surface area contributed by atoms with Crippen molar-refractivity contribution in [3.05, 3.63) is 16.1 Å². The molecule has 1 fully saturated rings. The van der Waals surface area contributed by atoms with Crippen molar-refractivity contribution < 1.29 is 0 Å². The molecule has 2 rings (SSSR count). The Balaban J connectivity index is 0.00000392. The molecule has 162 valence electrons. The number of nitrogens with zero attached hydrogens (tertiary/aromatic N) is 3. The molecular weight excluding hydrogens is 481 g/mol. The second-order valence-corrected chi connectivity index (χ2v) is 9.46. The van der Waals surface area contributed by atoms with Crippen LogP contribution in [0.15, 0.2) is 10.4 Å². The Morgan fingerprint density at radius 1 is 1.29 bits per heavy atom. The number of aryl methyl sites for hydroxylation is 1. The molecular formula is C21H40IN5S. The predicted molar refractivity (Wildman–Crippen MR) is 133 cm³/mol. The number of aromatic nitrogens is 1. The summed E-state index contributed by atoms with van der Waals surface area (Å²) in [5.74, 6) is 2.47. The van der Waals surface area contributed by atoms with E-state index < -0.39 is 0 Å². The van der Waals surface area contributed by atoms with Crippen molar-refractivity contribution in [1.29, 1.82) is 0 Å². The van der Waals surface area contributed by atoms with E-state index in [1.807, 2.05) is 7.05 Å². The highest BCUT2D eigenvalue weighted by molar-refractivity contribution is 14.0. The average Bonchev–Trinajstić information content (AvgIpc) is 3.04. The molecule has 1 aliphatic heterocycles. The van der Waals surface area contributed by atoms with Crippen molar-refractivity contribution in [3.8, 4) is 0 Å². The van der Waals surface area contributed by atoms with E-state index in [2.05, 4.69) is 58.6 Å². The van der Waals surface area contributed by atoms with Gasteiger partial charge >= 0.3 is 0 Å². The van der Waals surface area contributed by atoms with Gasteiger partial charge in [-0.1, -0.05) is 26.7 Å². The van der Waals surface area contributed by atoms with Crippen LogP contribution in [0.4, 0.5) is 0 Å². The third kappa shape index (κ3) is 9.87. The second kappa shape index (κ2) is 13.7. The van der Waals surface area contributed by atoms with Crippen molar-refractivity contribution in [1.82, 2.24) is 20.5 Å². The Labute approximate surface area is 193 Å². The Morgan fingerprint density at radius 3 is 2.57 bits per heavy atom. The molecule has 1 aromatic heterocycles. The van der Waals surface area contributed by atoms with Crippen LogP contribution < -0.4 is 10.6 Å². The van der Waals surface area contributed by atoms with Gasteiger partial charge in [0.25, 0.3) is 0 Å². The Hall–Kier alpha value is -0.410. The standard InChI is InChI=1S/C21H39N5S.HI/c1-16(2)7-6-8-17(3)24-21(22-5)23-13-19-9-11-26(12-10-19)14-20-15-27-18(4)25-20;/h15-17,19H,6-14H2,1-5H3,(H2,22,23,24);1H. The topological polar surface area (TPSA) is 52.6 Å². The molecule has 7 heteroatoms. The van der Waals surface area contributed by atoms with Crippen LogP contribution in [-0.2, 0) is 6.54 Å². The summed E-state index contributed by atoms with van der Waals surface area (Å²) in [6.45, 7) is 13.3. The van der Waals surface area contributed by atoms with E-state index >= 15 is 0 Å². The maximum atomic E-state index is 4.59. The molecule has 1 aromatic rings. The molecule has 28 heavy (non-hydrogen) atoms. The largest absolute Gasteiger partial charge is 0.356 e. The third-order valence-electron chi connectivity index (χ3n) is 5.34. The van der Waals surface area contributed by atoms with Crippen LogP contribution >= 0.6 is 35.3 Å². The first-order valence-electron chi connectivity index (χ1n) is 10.6. The smallest absolute Gasteiger partial charge is 0.191 e. The molecule has 0 amide bonds. The summed E-state index contributed by atoms with van der Waals surface area (Å²) >= 11 is 1.75. The number of hydrogen-bond acceptors (Lipinski definition) is 4. The molecule has 1 unspecified atom stereocenters. The van der Waals surface area contributed by atoms with E-state index in [4.69, 9.17) is 0 Å². The van der Waals surface area contributed by atoms with Crippen LogP contribution in [0, 0.1) is 18.8 Å². The van der Waals surface area contributed by atoms with E-state index in [0.29, 0.717) is 6.04 Å². The average molecular weight is 522 g/mol. The minimum atomic E-state index is 0. The van der Waals surface area contributed by atoms with Crippen molar-refractivity contribution in [2.45, 2.75) is 72.4 Å². The number of hydrogen-bond donors (Lipinski definition) is 2. The summed E-state index contributed by atoms with van der Waals surface area (Å²) in [6.07, 6.45) is 6.28. The zero-order valence-corrected chi connectivity index (χ0v) is 21.5. The molecule has 2 N–H and O–H groups in total. The number of guanidine groups is 1. The van der Waals surface area contributed by atoms with E-state index in [1.54, 1.807) is 11.3 Å². The zero-order chi connectivity index (χ0) is 19.6. The van der Waals surface area contributed by atoms with Crippen LogP contribution in [-0.4, -0.2) is 48.6 Å². The van der Waals surface area contributed by atoms with Gasteiger partial charge in [0.05, 0.1) is 10.7 Å². The van der Waals surface area contributed by atoms with Crippen molar-refractivity contribution in [3.63, 3.8) is 0 Å². The normalized spacial score (nSPS) is 17.4. The summed E-state index contributed by atoms with van der Waals surface area (Å²) in [6, 6.07) is 0.471. The van der Waals surface area contributed by atoms with Gasteiger partial charge in [-0.3, -0.25) is 9.89 Å². The second-order valence-electron chi connectivity index (χ2n) is 8.40. The number of thiazole rings is 1. The van der Waals surface area contributed by atoms with Gasteiger partial charge in [0, 0.05) is 31.6 Å². The van der Waals surface area contributed by atoms with Crippen LogP contribution in [0.2, 0.25) is 0 Å². The first kappa shape index (κ1) is 25.6. The fourth-order valence-corrected chi connectivity index (χ4v) is 4.24. The quantitative estimate of drug-likeness (QED) is 0.282. The minimum absolute atomic E-state index is 0. The van der Waals surface area contributed by atoms with Crippen LogP contribution in [0.1, 0.15) is 63.6 Å². The van der Waals surface area contributed by atoms with Gasteiger partial charge < -0.3 is 10.6 Å². The summed E-state index contributed by atoms with van der Waals surface area (Å²) in [5.41, 5.74) is 1.23. The SMILES string of the molecule is CN=C(NCC1CCN(Cc2csc(C)n2)CC1)NC(C)CCCC(C)C.I. The molecule has 0 bridgehead atoms. The lowest BCUT2D eigenvalue weighted by atomic mass is 9.97. The first-order chi connectivity index (χ1) is 13.0. The summed E-state index contributed by atoms with van der Waals surface area (Å²) in [7, 11) is 1.87. The Morgan fingerprint density at radius 2 is 2.00 bits per heavy atom. The maximum absolute atomic E-state index is 4.59. The summed E-state index contributed by atoms with van der Waals surface area (Å²) < 4.78 is 0. The lowest BCUT2D eigenvalue weighted by Gasteiger charge is -2.32. The zero-order valence-electron chi connectivity index (χ0n) is 18.3. The minimum Gasteiger partial charge on any atom is -0.356 e. The first-order valence-corrected chi connectivity index (χ1v) is 11.4. The Bertz CT molecular complexity index is 567. The number of halogens is 1. The van der Waals surface area contributed by atoms with Crippen molar-refractivity contribution in [2.75, 3.05) is 26.7 Å². The molecule has 0 aliphatic carbocycles. The van der Waals surface area contributed by atoms with E-state index in [1.165, 1.54) is 55.9 Å². The van der Waals surface area contributed by atoms with Gasteiger partial charge in [0.1, 0.15) is 0 Å². The van der Waals surface area contributed by atoms with Crippen molar-refractivity contribution in [2.24, 2.45) is 16.8 Å². The van der Waals surface area contributed by atoms with Gasteiger partial charge in [-0.15, -0.1) is 35.3 Å². The van der Waals surface area contributed by atoms with E-state index in [0.717, 1.165) is 30.9 Å². The van der Waals surface area contributed by atoms with Crippen LogP contribution in [0.25, 0.3) is 0 Å². The molecule has 2 heterocycles. The molecule has 0 radical (unpaired) electrons. The van der Waals surface area contributed by atoms with Gasteiger partial charge in [0.2, 0.25) is 0 Å². The monoisotopic (exact) mass is 521 g/mol. The van der Waals surface area contributed by atoms with Gasteiger partial charge in [0.15, 0.2) is 5.96 Å².